The van der Waals surface area contributed by atoms with Gasteiger partial charge in [0.05, 0.1) is 6.61 Å². The summed E-state index contributed by atoms with van der Waals surface area (Å²) in [5, 5.41) is 10.8. The van der Waals surface area contributed by atoms with Crippen molar-refractivity contribution in [2.24, 2.45) is 0 Å². The van der Waals surface area contributed by atoms with Crippen LogP contribution < -0.4 is 0 Å². The molecule has 4 nitrogen and oxygen atoms in total. The van der Waals surface area contributed by atoms with Crippen LogP contribution in [-0.2, 0) is 9.53 Å². The molecule has 1 saturated heterocycles. The van der Waals surface area contributed by atoms with Crippen molar-refractivity contribution in [2.45, 2.75) is 38.0 Å². The number of hydrogen-bond donors (Lipinski definition) is 0. The fourth-order valence-electron chi connectivity index (χ4n) is 1.63. The molecule has 16 heavy (non-hydrogen) atoms. The Balaban J connectivity index is 2.68. The molecule has 0 aromatic heterocycles. The minimum Gasteiger partial charge on any atom is -0.465 e. The number of thiocyanates is 1. The maximum absolute atomic E-state index is 11.8. The summed E-state index contributed by atoms with van der Waals surface area (Å²) >= 11 is 1.02. The number of ether oxygens (including phenoxy) is 1. The van der Waals surface area contributed by atoms with Crippen LogP contribution in [0.15, 0.2) is 0 Å². The Morgan fingerprint density at radius 2 is 2.12 bits per heavy atom. The zero-order valence-corrected chi connectivity index (χ0v) is 11.1. The lowest BCUT2D eigenvalue weighted by Crippen LogP contribution is -2.68. The molecule has 1 aliphatic rings. The molecule has 0 bridgehead atoms. The molecule has 0 N–H and O–H groups in total. The molecular formula is C11H18N2O2S. The molecule has 0 amide bonds. The Hall–Kier alpha value is -0.730. The van der Waals surface area contributed by atoms with Crippen molar-refractivity contribution in [3.8, 4) is 5.40 Å². The van der Waals surface area contributed by atoms with Crippen LogP contribution in [0.4, 0.5) is 0 Å². The molecule has 1 fully saturated rings. The van der Waals surface area contributed by atoms with E-state index in [1.807, 2.05) is 5.40 Å². The van der Waals surface area contributed by atoms with Gasteiger partial charge in [0.15, 0.2) is 4.75 Å². The molecule has 0 atom stereocenters. The first kappa shape index (κ1) is 13.3. The number of carbonyl (C=O) groups is 1. The molecule has 90 valence electrons. The number of nitriles is 1. The van der Waals surface area contributed by atoms with Gasteiger partial charge in [-0.3, -0.25) is 9.69 Å². The third-order valence-corrected chi connectivity index (χ3v) is 3.64. The predicted molar refractivity (Wildman–Crippen MR) is 63.9 cm³/mol. The van der Waals surface area contributed by atoms with Gasteiger partial charge in [-0.1, -0.05) is 0 Å². The Kier molecular flexibility index (Phi) is 3.87. The average Bonchev–Trinajstić information content (AvgIpc) is 2.08. The Labute approximate surface area is 101 Å². The van der Waals surface area contributed by atoms with Gasteiger partial charge >= 0.3 is 5.97 Å². The first-order valence-corrected chi connectivity index (χ1v) is 6.17. The summed E-state index contributed by atoms with van der Waals surface area (Å²) in [4.78, 5) is 14.0. The smallest absolute Gasteiger partial charge is 0.325 e. The van der Waals surface area contributed by atoms with Gasteiger partial charge in [-0.15, -0.1) is 0 Å². The second kappa shape index (κ2) is 4.64. The summed E-state index contributed by atoms with van der Waals surface area (Å²) < 4.78 is 4.36. The molecule has 0 saturated carbocycles. The summed E-state index contributed by atoms with van der Waals surface area (Å²) in [6.07, 6.45) is 0. The monoisotopic (exact) mass is 242 g/mol. The van der Waals surface area contributed by atoms with E-state index < -0.39 is 4.75 Å². The predicted octanol–water partition coefficient (Wildman–Crippen LogP) is 1.62. The molecule has 0 unspecified atom stereocenters. The molecule has 5 heteroatoms. The van der Waals surface area contributed by atoms with E-state index in [9.17, 15) is 4.79 Å². The van der Waals surface area contributed by atoms with Crippen LogP contribution in [0.25, 0.3) is 0 Å². The average molecular weight is 242 g/mol. The Bertz CT molecular complexity index is 311. The lowest BCUT2D eigenvalue weighted by Gasteiger charge is -2.52. The molecule has 1 aliphatic heterocycles. The van der Waals surface area contributed by atoms with Crippen LogP contribution in [0.3, 0.4) is 0 Å². The highest BCUT2D eigenvalue weighted by Gasteiger charge is 2.54. The lowest BCUT2D eigenvalue weighted by atomic mass is 9.91. The van der Waals surface area contributed by atoms with Gasteiger partial charge in [-0.2, -0.15) is 5.26 Å². The van der Waals surface area contributed by atoms with Gasteiger partial charge in [-0.25, -0.2) is 0 Å². The summed E-state index contributed by atoms with van der Waals surface area (Å²) in [7, 11) is 0. The first-order chi connectivity index (χ1) is 7.35. The second-order valence-electron chi connectivity index (χ2n) is 4.93. The standard InChI is InChI=1S/C11H18N2O2S/c1-5-15-9(14)11(16-8-12)6-13(7-11)10(2,3)4/h5-7H2,1-4H3. The van der Waals surface area contributed by atoms with Crippen LogP contribution in [0.5, 0.6) is 0 Å². The van der Waals surface area contributed by atoms with E-state index in [-0.39, 0.29) is 11.5 Å². The van der Waals surface area contributed by atoms with E-state index >= 15 is 0 Å². The van der Waals surface area contributed by atoms with Crippen molar-refractivity contribution in [3.63, 3.8) is 0 Å². The molecule has 1 rings (SSSR count). The van der Waals surface area contributed by atoms with Gasteiger partial charge in [-0.05, 0) is 39.5 Å². The summed E-state index contributed by atoms with van der Waals surface area (Å²) in [5.74, 6) is -0.262. The van der Waals surface area contributed by atoms with Crippen LogP contribution >= 0.6 is 11.8 Å². The number of rotatable bonds is 3. The van der Waals surface area contributed by atoms with Crippen LogP contribution in [-0.4, -0.2) is 40.9 Å². The second-order valence-corrected chi connectivity index (χ2v) is 6.10. The number of hydrogen-bond acceptors (Lipinski definition) is 5. The molecule has 0 aliphatic carbocycles. The molecule has 0 spiro atoms. The van der Waals surface area contributed by atoms with Crippen molar-refractivity contribution in [3.05, 3.63) is 0 Å². The van der Waals surface area contributed by atoms with Crippen LogP contribution in [0.2, 0.25) is 0 Å². The maximum Gasteiger partial charge on any atom is 0.325 e. The van der Waals surface area contributed by atoms with E-state index in [0.29, 0.717) is 19.7 Å². The van der Waals surface area contributed by atoms with Crippen molar-refractivity contribution in [2.75, 3.05) is 19.7 Å². The minimum atomic E-state index is -0.669. The topological polar surface area (TPSA) is 53.3 Å². The van der Waals surface area contributed by atoms with E-state index in [1.54, 1.807) is 6.92 Å². The number of likely N-dealkylation sites (tertiary alicyclic amines) is 1. The highest BCUT2D eigenvalue weighted by molar-refractivity contribution is 8.05. The summed E-state index contributed by atoms with van der Waals surface area (Å²) in [6, 6.07) is 0. The van der Waals surface area contributed by atoms with Crippen LogP contribution in [0, 0.1) is 10.7 Å². The van der Waals surface area contributed by atoms with E-state index in [0.717, 1.165) is 11.8 Å². The van der Waals surface area contributed by atoms with Gasteiger partial charge in [0.1, 0.15) is 5.40 Å². The zero-order valence-electron chi connectivity index (χ0n) is 10.2. The van der Waals surface area contributed by atoms with Crippen LogP contribution in [0.1, 0.15) is 27.7 Å². The molecule has 0 radical (unpaired) electrons. The normalized spacial score (nSPS) is 19.7. The van der Waals surface area contributed by atoms with E-state index in [2.05, 4.69) is 25.7 Å². The Morgan fingerprint density at radius 1 is 1.56 bits per heavy atom. The summed E-state index contributed by atoms with van der Waals surface area (Å²) in [6.45, 7) is 9.61. The highest BCUT2D eigenvalue weighted by atomic mass is 32.2. The third kappa shape index (κ3) is 2.50. The summed E-state index contributed by atoms with van der Waals surface area (Å²) in [5.41, 5.74) is 0.0337. The fraction of sp³-hybridized carbons (Fsp3) is 0.818. The quantitative estimate of drug-likeness (QED) is 0.556. The largest absolute Gasteiger partial charge is 0.465 e. The van der Waals surface area contributed by atoms with Crippen molar-refractivity contribution < 1.29 is 9.53 Å². The number of carbonyl (C=O) groups excluding carboxylic acids is 1. The molecule has 0 aromatic carbocycles. The molecule has 0 aromatic rings. The molecule has 1 heterocycles. The lowest BCUT2D eigenvalue weighted by molar-refractivity contribution is -0.152. The third-order valence-electron chi connectivity index (χ3n) is 2.73. The van der Waals surface area contributed by atoms with Gasteiger partial charge in [0.25, 0.3) is 0 Å². The molecular weight excluding hydrogens is 224 g/mol. The van der Waals surface area contributed by atoms with Gasteiger partial charge in [0.2, 0.25) is 0 Å². The van der Waals surface area contributed by atoms with Crippen molar-refractivity contribution >= 4 is 17.7 Å². The SMILES string of the molecule is CCOC(=O)C1(SC#N)CN(C(C)(C)C)C1. The van der Waals surface area contributed by atoms with E-state index in [4.69, 9.17) is 10.00 Å². The number of esters is 1. The fourth-order valence-corrected chi connectivity index (χ4v) is 2.39. The Morgan fingerprint density at radius 3 is 2.50 bits per heavy atom. The zero-order chi connectivity index (χ0) is 12.4. The van der Waals surface area contributed by atoms with Crippen molar-refractivity contribution in [1.29, 1.82) is 5.26 Å². The number of thioether (sulfide) groups is 1. The van der Waals surface area contributed by atoms with Gasteiger partial charge < -0.3 is 4.74 Å². The maximum atomic E-state index is 11.8. The highest BCUT2D eigenvalue weighted by Crippen LogP contribution is 2.39. The first-order valence-electron chi connectivity index (χ1n) is 5.35. The minimum absolute atomic E-state index is 0.0337. The van der Waals surface area contributed by atoms with Crippen molar-refractivity contribution in [1.82, 2.24) is 4.90 Å². The van der Waals surface area contributed by atoms with Gasteiger partial charge in [0, 0.05) is 18.6 Å². The number of nitrogens with zero attached hydrogens (tertiary/aromatic N) is 2. The van der Waals surface area contributed by atoms with E-state index in [1.165, 1.54) is 0 Å².